The van der Waals surface area contributed by atoms with Gasteiger partial charge in [0.25, 0.3) is 0 Å². The molecule has 0 atom stereocenters. The second-order valence-corrected chi connectivity index (χ2v) is 5.83. The summed E-state index contributed by atoms with van der Waals surface area (Å²) in [7, 11) is 1.76. The van der Waals surface area contributed by atoms with E-state index in [1.165, 1.54) is 0 Å². The number of alkyl halides is 3. The zero-order chi connectivity index (χ0) is 16.6. The summed E-state index contributed by atoms with van der Waals surface area (Å²) < 4.78 is 37.7. The molecule has 0 saturated heterocycles. The quantitative estimate of drug-likeness (QED) is 0.937. The standard InChI is InChI=1S/C16H16F3N3O/c1-22(15(23)12-6-7-12)9-10-2-4-11(5-3-10)13-8-14(21-20-13)16(17,18)19/h2-5,8,12H,6-7,9H2,1H3,(H,20,21). The number of aromatic amines is 1. The number of nitrogens with zero attached hydrogens (tertiary/aromatic N) is 2. The summed E-state index contributed by atoms with van der Waals surface area (Å²) in [6, 6.07) is 8.00. The molecule has 1 amide bonds. The number of halogens is 3. The maximum atomic E-state index is 12.6. The molecule has 1 heterocycles. The third kappa shape index (κ3) is 3.55. The molecule has 0 aliphatic heterocycles. The zero-order valence-corrected chi connectivity index (χ0v) is 12.5. The molecule has 7 heteroatoms. The van der Waals surface area contributed by atoms with Crippen molar-refractivity contribution in [2.45, 2.75) is 25.6 Å². The summed E-state index contributed by atoms with van der Waals surface area (Å²) in [5, 5.41) is 5.69. The Kier molecular flexibility index (Phi) is 3.87. The number of rotatable bonds is 4. The lowest BCUT2D eigenvalue weighted by atomic mass is 10.1. The molecule has 2 aromatic rings. The lowest BCUT2D eigenvalue weighted by molar-refractivity contribution is -0.141. The molecule has 0 unspecified atom stereocenters. The fraction of sp³-hybridized carbons (Fsp3) is 0.375. The fourth-order valence-corrected chi connectivity index (χ4v) is 2.39. The van der Waals surface area contributed by atoms with E-state index in [4.69, 9.17) is 0 Å². The highest BCUT2D eigenvalue weighted by Crippen LogP contribution is 2.32. The minimum absolute atomic E-state index is 0.149. The average Bonchev–Trinajstić information content (AvgIpc) is 3.22. The van der Waals surface area contributed by atoms with Gasteiger partial charge in [0.2, 0.25) is 5.91 Å². The molecule has 1 aromatic carbocycles. The fourth-order valence-electron chi connectivity index (χ4n) is 2.39. The Morgan fingerprint density at radius 1 is 1.30 bits per heavy atom. The number of benzene rings is 1. The number of hydrogen-bond donors (Lipinski definition) is 1. The predicted octanol–water partition coefficient (Wildman–Crippen LogP) is 3.46. The molecule has 1 aromatic heterocycles. The molecule has 1 aliphatic rings. The highest BCUT2D eigenvalue weighted by molar-refractivity contribution is 5.80. The van der Waals surface area contributed by atoms with Crippen LogP contribution in [0.15, 0.2) is 30.3 Å². The van der Waals surface area contributed by atoms with Crippen LogP contribution in [0, 0.1) is 5.92 Å². The second-order valence-electron chi connectivity index (χ2n) is 5.83. The van der Waals surface area contributed by atoms with E-state index < -0.39 is 11.9 Å². The van der Waals surface area contributed by atoms with Gasteiger partial charge in [-0.3, -0.25) is 9.89 Å². The van der Waals surface area contributed by atoms with Crippen LogP contribution < -0.4 is 0 Å². The van der Waals surface area contributed by atoms with Gasteiger partial charge in [-0.25, -0.2) is 0 Å². The van der Waals surface area contributed by atoms with Crippen LogP contribution in [0.1, 0.15) is 24.1 Å². The summed E-state index contributed by atoms with van der Waals surface area (Å²) >= 11 is 0. The molecule has 1 saturated carbocycles. The highest BCUT2D eigenvalue weighted by atomic mass is 19.4. The number of carbonyl (C=O) groups excluding carboxylic acids is 1. The Hall–Kier alpha value is -2.31. The lowest BCUT2D eigenvalue weighted by Crippen LogP contribution is -2.27. The maximum absolute atomic E-state index is 12.6. The molecule has 0 bridgehead atoms. The molecule has 1 N–H and O–H groups in total. The summed E-state index contributed by atoms with van der Waals surface area (Å²) in [6.07, 6.45) is -2.51. The first-order valence-corrected chi connectivity index (χ1v) is 7.31. The van der Waals surface area contributed by atoms with E-state index >= 15 is 0 Å². The van der Waals surface area contributed by atoms with Crippen LogP contribution in [-0.4, -0.2) is 28.1 Å². The average molecular weight is 323 g/mol. The van der Waals surface area contributed by atoms with Crippen LogP contribution >= 0.6 is 0 Å². The largest absolute Gasteiger partial charge is 0.432 e. The Bertz CT molecular complexity index is 702. The SMILES string of the molecule is CN(Cc1ccc(-c2cc(C(F)(F)F)[nH]n2)cc1)C(=O)C1CC1. The normalized spacial score (nSPS) is 14.8. The van der Waals surface area contributed by atoms with Crippen molar-refractivity contribution in [3.05, 3.63) is 41.6 Å². The third-order valence-corrected chi connectivity index (χ3v) is 3.86. The van der Waals surface area contributed by atoms with E-state index in [0.29, 0.717) is 12.1 Å². The van der Waals surface area contributed by atoms with Crippen molar-refractivity contribution in [3.8, 4) is 11.3 Å². The minimum atomic E-state index is -4.43. The van der Waals surface area contributed by atoms with Crippen molar-refractivity contribution in [2.75, 3.05) is 7.05 Å². The van der Waals surface area contributed by atoms with Crippen LogP contribution in [0.5, 0.6) is 0 Å². The van der Waals surface area contributed by atoms with E-state index in [1.807, 2.05) is 5.10 Å². The predicted molar refractivity (Wildman–Crippen MR) is 78.2 cm³/mol. The second kappa shape index (κ2) is 5.72. The molecule has 4 nitrogen and oxygen atoms in total. The van der Waals surface area contributed by atoms with Gasteiger partial charge in [-0.05, 0) is 24.5 Å². The zero-order valence-electron chi connectivity index (χ0n) is 12.5. The van der Waals surface area contributed by atoms with Gasteiger partial charge >= 0.3 is 6.18 Å². The van der Waals surface area contributed by atoms with E-state index in [-0.39, 0.29) is 17.5 Å². The summed E-state index contributed by atoms with van der Waals surface area (Å²) in [6.45, 7) is 0.490. The molecule has 0 spiro atoms. The van der Waals surface area contributed by atoms with Crippen molar-refractivity contribution in [1.82, 2.24) is 15.1 Å². The van der Waals surface area contributed by atoms with Crippen LogP contribution in [0.4, 0.5) is 13.2 Å². The van der Waals surface area contributed by atoms with Gasteiger partial charge in [0.1, 0.15) is 5.69 Å². The van der Waals surface area contributed by atoms with Crippen LogP contribution in [0.2, 0.25) is 0 Å². The molecule has 122 valence electrons. The van der Waals surface area contributed by atoms with E-state index in [1.54, 1.807) is 36.2 Å². The highest BCUT2D eigenvalue weighted by Gasteiger charge is 2.33. The Balaban J connectivity index is 1.69. The van der Waals surface area contributed by atoms with Crippen molar-refractivity contribution in [2.24, 2.45) is 5.92 Å². The summed E-state index contributed by atoms with van der Waals surface area (Å²) in [5.74, 6) is 0.320. The summed E-state index contributed by atoms with van der Waals surface area (Å²) in [5.41, 5.74) is 0.895. The first kappa shape index (κ1) is 15.6. The van der Waals surface area contributed by atoms with Crippen molar-refractivity contribution in [1.29, 1.82) is 0 Å². The maximum Gasteiger partial charge on any atom is 0.432 e. The Labute approximate surface area is 131 Å². The van der Waals surface area contributed by atoms with Crippen LogP contribution in [0.25, 0.3) is 11.3 Å². The molecule has 23 heavy (non-hydrogen) atoms. The monoisotopic (exact) mass is 323 g/mol. The van der Waals surface area contributed by atoms with Gasteiger partial charge < -0.3 is 4.90 Å². The molecular formula is C16H16F3N3O. The number of amides is 1. The number of hydrogen-bond acceptors (Lipinski definition) is 2. The first-order valence-electron chi connectivity index (χ1n) is 7.31. The van der Waals surface area contributed by atoms with Gasteiger partial charge in [-0.15, -0.1) is 0 Å². The number of H-pyrrole nitrogens is 1. The number of aromatic nitrogens is 2. The summed E-state index contributed by atoms with van der Waals surface area (Å²) in [4.78, 5) is 13.6. The number of carbonyl (C=O) groups is 1. The third-order valence-electron chi connectivity index (χ3n) is 3.86. The lowest BCUT2D eigenvalue weighted by Gasteiger charge is -2.17. The van der Waals surface area contributed by atoms with E-state index in [9.17, 15) is 18.0 Å². The van der Waals surface area contributed by atoms with Gasteiger partial charge in [0, 0.05) is 25.1 Å². The Morgan fingerprint density at radius 2 is 1.96 bits per heavy atom. The molecule has 3 rings (SSSR count). The first-order chi connectivity index (χ1) is 10.8. The topological polar surface area (TPSA) is 49.0 Å². The van der Waals surface area contributed by atoms with Gasteiger partial charge in [-0.2, -0.15) is 18.3 Å². The van der Waals surface area contributed by atoms with E-state index in [2.05, 4.69) is 5.10 Å². The van der Waals surface area contributed by atoms with Crippen molar-refractivity contribution < 1.29 is 18.0 Å². The van der Waals surface area contributed by atoms with Crippen molar-refractivity contribution >= 4 is 5.91 Å². The van der Waals surface area contributed by atoms with Gasteiger partial charge in [-0.1, -0.05) is 24.3 Å². The van der Waals surface area contributed by atoms with Gasteiger partial charge in [0.05, 0.1) is 5.69 Å². The smallest absolute Gasteiger partial charge is 0.341 e. The van der Waals surface area contributed by atoms with Crippen molar-refractivity contribution in [3.63, 3.8) is 0 Å². The molecule has 1 aliphatic carbocycles. The van der Waals surface area contributed by atoms with Gasteiger partial charge in [0.15, 0.2) is 0 Å². The molecular weight excluding hydrogens is 307 g/mol. The Morgan fingerprint density at radius 3 is 2.48 bits per heavy atom. The van der Waals surface area contributed by atoms with Crippen LogP contribution in [0.3, 0.4) is 0 Å². The number of nitrogens with one attached hydrogen (secondary N) is 1. The van der Waals surface area contributed by atoms with E-state index in [0.717, 1.165) is 24.5 Å². The minimum Gasteiger partial charge on any atom is -0.341 e. The van der Waals surface area contributed by atoms with Crippen LogP contribution in [-0.2, 0) is 17.5 Å². The molecule has 1 fully saturated rings. The molecule has 0 radical (unpaired) electrons.